The minimum absolute atomic E-state index is 0.0119. The number of alkyl halides is 1. The van der Waals surface area contributed by atoms with Crippen molar-refractivity contribution >= 4 is 17.5 Å². The maximum Gasteiger partial charge on any atom is 0.241 e. The second-order valence-corrected chi connectivity index (χ2v) is 6.44. The van der Waals surface area contributed by atoms with Crippen LogP contribution in [0.2, 0.25) is 0 Å². The summed E-state index contributed by atoms with van der Waals surface area (Å²) in [5, 5.41) is 0. The first-order chi connectivity index (χ1) is 7.76. The average Bonchev–Trinajstić information content (AvgIpc) is 2.13. The zero-order valence-corrected chi connectivity index (χ0v) is 12.3. The first kappa shape index (κ1) is 14.6. The van der Waals surface area contributed by atoms with Crippen molar-refractivity contribution in [2.24, 2.45) is 11.3 Å². The van der Waals surface area contributed by atoms with Gasteiger partial charge in [-0.1, -0.05) is 26.8 Å². The van der Waals surface area contributed by atoms with Crippen molar-refractivity contribution in [3.63, 3.8) is 0 Å². The largest absolute Gasteiger partial charge is 0.313 e. The first-order valence-corrected chi connectivity index (χ1v) is 6.89. The van der Waals surface area contributed by atoms with Crippen molar-refractivity contribution in [3.8, 4) is 0 Å². The molecule has 98 valence electrons. The Balaban J connectivity index is 2.99. The van der Waals surface area contributed by atoms with Crippen LogP contribution < -0.4 is 0 Å². The van der Waals surface area contributed by atoms with Crippen LogP contribution in [0.15, 0.2) is 11.8 Å². The van der Waals surface area contributed by atoms with Crippen LogP contribution in [-0.2, 0) is 4.79 Å². The smallest absolute Gasteiger partial charge is 0.241 e. The van der Waals surface area contributed by atoms with Gasteiger partial charge in [0.2, 0.25) is 5.91 Å². The highest BCUT2D eigenvalue weighted by atomic mass is 35.5. The predicted octanol–water partition coefficient (Wildman–Crippen LogP) is 3.80. The minimum Gasteiger partial charge on any atom is -0.313 e. The van der Waals surface area contributed by atoms with Crippen LogP contribution in [-0.4, -0.2) is 22.7 Å². The second-order valence-electron chi connectivity index (χ2n) is 6.17. The Morgan fingerprint density at radius 2 is 2.18 bits per heavy atom. The number of halogens is 1. The van der Waals surface area contributed by atoms with Crippen LogP contribution in [0.5, 0.6) is 0 Å². The van der Waals surface area contributed by atoms with Gasteiger partial charge in [0.1, 0.15) is 5.88 Å². The van der Waals surface area contributed by atoms with E-state index in [1.54, 1.807) is 0 Å². The molecule has 1 rings (SSSR count). The topological polar surface area (TPSA) is 20.3 Å². The van der Waals surface area contributed by atoms with E-state index in [9.17, 15) is 4.79 Å². The molecular weight excluding hydrogens is 234 g/mol. The minimum atomic E-state index is 0.0119. The van der Waals surface area contributed by atoms with Crippen molar-refractivity contribution in [2.75, 3.05) is 5.88 Å². The normalized spacial score (nSPS) is 23.5. The summed E-state index contributed by atoms with van der Waals surface area (Å²) in [5.41, 5.74) is 1.41. The van der Waals surface area contributed by atoms with E-state index >= 15 is 0 Å². The van der Waals surface area contributed by atoms with Crippen molar-refractivity contribution in [1.82, 2.24) is 4.90 Å². The third-order valence-corrected chi connectivity index (χ3v) is 3.45. The van der Waals surface area contributed by atoms with Crippen molar-refractivity contribution < 1.29 is 4.79 Å². The SMILES string of the molecule is CC1C=C(N(C(=O)CCl)C(C)C)CC(C)(C)C1. The Hall–Kier alpha value is -0.500. The van der Waals surface area contributed by atoms with E-state index in [1.165, 1.54) is 6.42 Å². The molecule has 1 unspecified atom stereocenters. The average molecular weight is 258 g/mol. The number of rotatable bonds is 3. The van der Waals surface area contributed by atoms with E-state index in [1.807, 2.05) is 18.7 Å². The molecule has 1 amide bonds. The third kappa shape index (κ3) is 3.74. The van der Waals surface area contributed by atoms with Gasteiger partial charge < -0.3 is 4.90 Å². The molecule has 0 N–H and O–H groups in total. The molecule has 0 aromatic rings. The lowest BCUT2D eigenvalue weighted by molar-refractivity contribution is -0.128. The molecule has 0 bridgehead atoms. The molecule has 3 heteroatoms. The van der Waals surface area contributed by atoms with Gasteiger partial charge in [-0.3, -0.25) is 4.79 Å². The van der Waals surface area contributed by atoms with Crippen molar-refractivity contribution in [1.29, 1.82) is 0 Å². The second kappa shape index (κ2) is 5.43. The molecule has 1 atom stereocenters. The summed E-state index contributed by atoms with van der Waals surface area (Å²) in [6.45, 7) is 10.8. The predicted molar refractivity (Wildman–Crippen MR) is 73.0 cm³/mol. The van der Waals surface area contributed by atoms with E-state index < -0.39 is 0 Å². The van der Waals surface area contributed by atoms with Gasteiger partial charge >= 0.3 is 0 Å². The number of amides is 1. The summed E-state index contributed by atoms with van der Waals surface area (Å²) in [6.07, 6.45) is 4.37. The zero-order chi connectivity index (χ0) is 13.2. The number of carbonyl (C=O) groups excluding carboxylic acids is 1. The molecule has 0 aliphatic heterocycles. The fourth-order valence-corrected chi connectivity index (χ4v) is 3.02. The first-order valence-electron chi connectivity index (χ1n) is 6.35. The Bertz CT molecular complexity index is 320. The molecule has 0 aromatic carbocycles. The van der Waals surface area contributed by atoms with E-state index in [0.29, 0.717) is 5.92 Å². The molecule has 0 saturated heterocycles. The molecule has 1 aliphatic carbocycles. The number of nitrogens with zero attached hydrogens (tertiary/aromatic N) is 1. The highest BCUT2D eigenvalue weighted by Crippen LogP contribution is 2.39. The standard InChI is InChI=1S/C14H24ClNO/c1-10(2)16(13(17)9-15)12-6-11(3)7-14(4,5)8-12/h6,10-11H,7-9H2,1-5H3. The summed E-state index contributed by atoms with van der Waals surface area (Å²) >= 11 is 5.70. The Kier molecular flexibility index (Phi) is 4.65. The van der Waals surface area contributed by atoms with Crippen LogP contribution in [0.25, 0.3) is 0 Å². The summed E-state index contributed by atoms with van der Waals surface area (Å²) < 4.78 is 0. The maximum atomic E-state index is 11.9. The van der Waals surface area contributed by atoms with Crippen LogP contribution >= 0.6 is 11.6 Å². The van der Waals surface area contributed by atoms with Gasteiger partial charge in [0.25, 0.3) is 0 Å². The molecule has 0 heterocycles. The van der Waals surface area contributed by atoms with Gasteiger partial charge in [0, 0.05) is 11.7 Å². The fourth-order valence-electron chi connectivity index (χ4n) is 2.89. The maximum absolute atomic E-state index is 11.9. The Morgan fingerprint density at radius 3 is 2.59 bits per heavy atom. The van der Waals surface area contributed by atoms with E-state index in [4.69, 9.17) is 11.6 Å². The summed E-state index contributed by atoms with van der Waals surface area (Å²) in [5.74, 6) is 0.598. The van der Waals surface area contributed by atoms with E-state index in [2.05, 4.69) is 26.8 Å². The molecule has 0 saturated carbocycles. The molecule has 1 aliphatic rings. The summed E-state index contributed by atoms with van der Waals surface area (Å²) in [7, 11) is 0. The highest BCUT2D eigenvalue weighted by molar-refractivity contribution is 6.27. The molecule has 0 spiro atoms. The summed E-state index contributed by atoms with van der Waals surface area (Å²) in [4.78, 5) is 13.8. The van der Waals surface area contributed by atoms with Crippen LogP contribution in [0, 0.1) is 11.3 Å². The van der Waals surface area contributed by atoms with Gasteiger partial charge in [-0.05, 0) is 38.0 Å². The molecule has 2 nitrogen and oxygen atoms in total. The van der Waals surface area contributed by atoms with Gasteiger partial charge in [-0.25, -0.2) is 0 Å². The van der Waals surface area contributed by atoms with E-state index in [-0.39, 0.29) is 23.2 Å². The highest BCUT2D eigenvalue weighted by Gasteiger charge is 2.31. The number of hydrogen-bond acceptors (Lipinski definition) is 1. The van der Waals surface area contributed by atoms with E-state index in [0.717, 1.165) is 12.1 Å². The lowest BCUT2D eigenvalue weighted by Crippen LogP contribution is -2.40. The molecule has 0 aromatic heterocycles. The van der Waals surface area contributed by atoms with Crippen LogP contribution in [0.3, 0.4) is 0 Å². The fraction of sp³-hybridized carbons (Fsp3) is 0.786. The lowest BCUT2D eigenvalue weighted by Gasteiger charge is -2.39. The molecule has 17 heavy (non-hydrogen) atoms. The van der Waals surface area contributed by atoms with Gasteiger partial charge in [-0.2, -0.15) is 0 Å². The van der Waals surface area contributed by atoms with Crippen molar-refractivity contribution in [2.45, 2.75) is 53.5 Å². The molecular formula is C14H24ClNO. The monoisotopic (exact) mass is 257 g/mol. The van der Waals surface area contributed by atoms with Crippen molar-refractivity contribution in [3.05, 3.63) is 11.8 Å². The van der Waals surface area contributed by atoms with Gasteiger partial charge in [0.05, 0.1) is 0 Å². The van der Waals surface area contributed by atoms with Crippen LogP contribution in [0.1, 0.15) is 47.5 Å². The number of allylic oxidation sites excluding steroid dienone is 2. The van der Waals surface area contributed by atoms with Gasteiger partial charge in [-0.15, -0.1) is 11.6 Å². The number of carbonyl (C=O) groups is 1. The van der Waals surface area contributed by atoms with Crippen LogP contribution in [0.4, 0.5) is 0 Å². The Labute approximate surface area is 110 Å². The quantitative estimate of drug-likeness (QED) is 0.705. The zero-order valence-electron chi connectivity index (χ0n) is 11.6. The molecule has 0 fully saturated rings. The molecule has 0 radical (unpaired) electrons. The lowest BCUT2D eigenvalue weighted by atomic mass is 9.75. The third-order valence-electron chi connectivity index (χ3n) is 3.22. The number of hydrogen-bond donors (Lipinski definition) is 0. The van der Waals surface area contributed by atoms with Gasteiger partial charge in [0.15, 0.2) is 0 Å². The Morgan fingerprint density at radius 1 is 1.59 bits per heavy atom. The summed E-state index contributed by atoms with van der Waals surface area (Å²) in [6, 6.07) is 0.175.